The van der Waals surface area contributed by atoms with Crippen LogP contribution in [-0.4, -0.2) is 21.8 Å². The number of carboxylic acid groups (broad SMARTS) is 1. The van der Waals surface area contributed by atoms with Gasteiger partial charge in [-0.3, -0.25) is 14.7 Å². The zero-order chi connectivity index (χ0) is 22.7. The van der Waals surface area contributed by atoms with Gasteiger partial charge in [0.25, 0.3) is 5.91 Å². The topological polar surface area (TPSA) is 86.2 Å². The zero-order valence-corrected chi connectivity index (χ0v) is 22.2. The van der Waals surface area contributed by atoms with Crippen LogP contribution >= 0.6 is 22.7 Å². The fraction of sp³-hybridized carbons (Fsp3) is 0.167. The van der Waals surface area contributed by atoms with Crippen LogP contribution in [0.1, 0.15) is 50.9 Å². The Morgan fingerprint density at radius 2 is 1.82 bits per heavy atom. The number of carbonyl (C=O) groups excluding carboxylic acids is 2. The number of hydrogen-bond donors (Lipinski definition) is 0. The molecule has 0 N–H and O–H groups in total. The van der Waals surface area contributed by atoms with Crippen molar-refractivity contribution in [2.24, 2.45) is 0 Å². The van der Waals surface area contributed by atoms with Gasteiger partial charge in [-0.2, -0.15) is 0 Å². The van der Waals surface area contributed by atoms with Crippen LogP contribution in [0.5, 0.6) is 0 Å². The summed E-state index contributed by atoms with van der Waals surface area (Å²) in [5.74, 6) is -1.47. The summed E-state index contributed by atoms with van der Waals surface area (Å²) in [6.07, 6.45) is 2.59. The Morgan fingerprint density at radius 3 is 2.45 bits per heavy atom. The summed E-state index contributed by atoms with van der Waals surface area (Å²) in [5, 5.41) is 15.9. The number of thiophene rings is 1. The van der Waals surface area contributed by atoms with Gasteiger partial charge in [0.1, 0.15) is 0 Å². The first-order valence-corrected chi connectivity index (χ1v) is 11.8. The number of rotatable bonds is 7. The van der Waals surface area contributed by atoms with Crippen LogP contribution in [0, 0.1) is 0 Å². The fourth-order valence-corrected chi connectivity index (χ4v) is 4.76. The third kappa shape index (κ3) is 5.77. The van der Waals surface area contributed by atoms with Gasteiger partial charge in [-0.15, -0.1) is 22.7 Å². The maximum absolute atomic E-state index is 13.4. The number of nitrogens with zero attached hydrogens (tertiary/aromatic N) is 3. The number of benzene rings is 1. The van der Waals surface area contributed by atoms with Crippen LogP contribution in [0.4, 0.5) is 5.13 Å². The Balaban J connectivity index is 0.00000306. The molecule has 0 spiro atoms. The smallest absolute Gasteiger partial charge is 0.545 e. The Bertz CT molecular complexity index is 1240. The van der Waals surface area contributed by atoms with Gasteiger partial charge < -0.3 is 9.90 Å². The molecule has 0 aliphatic heterocycles. The van der Waals surface area contributed by atoms with E-state index in [1.165, 1.54) is 51.6 Å². The number of carbonyl (C=O) groups is 2. The first-order valence-electron chi connectivity index (χ1n) is 9.99. The van der Waals surface area contributed by atoms with E-state index in [9.17, 15) is 14.7 Å². The molecule has 1 amide bonds. The van der Waals surface area contributed by atoms with E-state index in [0.29, 0.717) is 11.0 Å². The van der Waals surface area contributed by atoms with Gasteiger partial charge in [0, 0.05) is 33.8 Å². The zero-order valence-electron chi connectivity index (χ0n) is 18.5. The summed E-state index contributed by atoms with van der Waals surface area (Å²) in [7, 11) is 0. The number of aromatic nitrogens is 2. The van der Waals surface area contributed by atoms with Crippen LogP contribution < -0.4 is 39.6 Å². The predicted molar refractivity (Wildman–Crippen MR) is 125 cm³/mol. The number of pyridine rings is 1. The third-order valence-corrected chi connectivity index (χ3v) is 6.73. The molecule has 0 unspecified atom stereocenters. The van der Waals surface area contributed by atoms with Crippen molar-refractivity contribution in [3.8, 4) is 11.3 Å². The second kappa shape index (κ2) is 11.2. The SMILES string of the molecule is CC(C)c1ccc(-c2csc(N(Cc3cccs3)C(=O)c3cnccc3C(=O)[O-])n2)cc1.[Na+]. The molecule has 0 saturated carbocycles. The minimum atomic E-state index is -1.42. The molecule has 0 bridgehead atoms. The van der Waals surface area contributed by atoms with E-state index in [1.807, 2.05) is 35.0 Å². The molecule has 0 saturated heterocycles. The first kappa shape index (κ1) is 25.3. The van der Waals surface area contributed by atoms with E-state index in [2.05, 4.69) is 31.0 Å². The standard InChI is InChI=1S/C24H21N3O3S2.Na/c1-15(2)16-5-7-17(8-6-16)21-14-32-24(26-21)27(13-18-4-3-11-31-18)22(28)20-12-25-10-9-19(20)23(29)30;/h3-12,14-15H,13H2,1-2H3,(H,29,30);/q;+1/p-1. The third-order valence-electron chi connectivity index (χ3n) is 5.01. The summed E-state index contributed by atoms with van der Waals surface area (Å²) in [4.78, 5) is 36.1. The van der Waals surface area contributed by atoms with Crippen molar-refractivity contribution in [3.63, 3.8) is 0 Å². The molecule has 1 aromatic carbocycles. The van der Waals surface area contributed by atoms with Crippen molar-refractivity contribution in [1.29, 1.82) is 0 Å². The first-order chi connectivity index (χ1) is 15.4. The minimum Gasteiger partial charge on any atom is -0.545 e. The molecule has 0 fully saturated rings. The second-order valence-corrected chi connectivity index (χ2v) is 9.34. The molecular weight excluding hydrogens is 465 g/mol. The number of anilines is 1. The maximum atomic E-state index is 13.4. The van der Waals surface area contributed by atoms with E-state index in [4.69, 9.17) is 4.98 Å². The van der Waals surface area contributed by atoms with E-state index in [0.717, 1.165) is 16.1 Å². The van der Waals surface area contributed by atoms with Crippen molar-refractivity contribution in [1.82, 2.24) is 9.97 Å². The molecule has 0 aliphatic carbocycles. The normalized spacial score (nSPS) is 10.6. The average molecular weight is 486 g/mol. The molecule has 4 aromatic rings. The van der Waals surface area contributed by atoms with Gasteiger partial charge in [0.2, 0.25) is 0 Å². The molecule has 6 nitrogen and oxygen atoms in total. The Kier molecular flexibility index (Phi) is 8.56. The van der Waals surface area contributed by atoms with Gasteiger partial charge in [0.05, 0.1) is 23.8 Å². The molecule has 33 heavy (non-hydrogen) atoms. The molecule has 0 radical (unpaired) electrons. The molecular formula is C24H20N3NaO3S2. The van der Waals surface area contributed by atoms with E-state index in [1.54, 1.807) is 0 Å². The van der Waals surface area contributed by atoms with Gasteiger partial charge >= 0.3 is 29.6 Å². The van der Waals surface area contributed by atoms with E-state index >= 15 is 0 Å². The maximum Gasteiger partial charge on any atom is 1.00 e. The van der Waals surface area contributed by atoms with Crippen molar-refractivity contribution in [2.45, 2.75) is 26.3 Å². The van der Waals surface area contributed by atoms with Crippen molar-refractivity contribution in [2.75, 3.05) is 4.90 Å². The molecule has 9 heteroatoms. The Morgan fingerprint density at radius 1 is 1.06 bits per heavy atom. The van der Waals surface area contributed by atoms with Crippen LogP contribution in [0.2, 0.25) is 0 Å². The summed E-state index contributed by atoms with van der Waals surface area (Å²) in [6, 6.07) is 13.3. The number of aromatic carboxylic acids is 1. The van der Waals surface area contributed by atoms with Crippen molar-refractivity contribution >= 4 is 39.7 Å². The Labute approximate surface area is 222 Å². The van der Waals surface area contributed by atoms with Crippen molar-refractivity contribution < 1.29 is 44.3 Å². The molecule has 3 aromatic heterocycles. The largest absolute Gasteiger partial charge is 1.00 e. The summed E-state index contributed by atoms with van der Waals surface area (Å²) in [5.41, 5.74) is 2.74. The minimum absolute atomic E-state index is 0. The monoisotopic (exact) mass is 485 g/mol. The number of carboxylic acids is 1. The molecule has 162 valence electrons. The van der Waals surface area contributed by atoms with Gasteiger partial charge in [-0.05, 0) is 29.0 Å². The summed E-state index contributed by atoms with van der Waals surface area (Å²) >= 11 is 2.85. The van der Waals surface area contributed by atoms with E-state index in [-0.39, 0.29) is 47.2 Å². The number of amides is 1. The fourth-order valence-electron chi connectivity index (χ4n) is 3.23. The molecule has 4 rings (SSSR count). The van der Waals surface area contributed by atoms with Crippen LogP contribution in [-0.2, 0) is 6.54 Å². The van der Waals surface area contributed by atoms with Crippen LogP contribution in [0.15, 0.2) is 65.6 Å². The van der Waals surface area contributed by atoms with Crippen molar-refractivity contribution in [3.05, 3.63) is 87.2 Å². The molecule has 3 heterocycles. The van der Waals surface area contributed by atoms with Crippen LogP contribution in [0.25, 0.3) is 11.3 Å². The molecule has 0 atom stereocenters. The number of thiazole rings is 1. The quantitative estimate of drug-likeness (QED) is 0.371. The average Bonchev–Trinajstić information content (AvgIpc) is 3.49. The second-order valence-electron chi connectivity index (χ2n) is 7.47. The number of hydrogen-bond acceptors (Lipinski definition) is 7. The van der Waals surface area contributed by atoms with E-state index < -0.39 is 11.9 Å². The van der Waals surface area contributed by atoms with Gasteiger partial charge in [-0.25, -0.2) is 4.98 Å². The van der Waals surface area contributed by atoms with Gasteiger partial charge in [0.15, 0.2) is 5.13 Å². The molecule has 0 aliphatic rings. The van der Waals surface area contributed by atoms with Crippen LogP contribution in [0.3, 0.4) is 0 Å². The predicted octanol–water partition coefficient (Wildman–Crippen LogP) is 1.60. The van der Waals surface area contributed by atoms with Gasteiger partial charge in [-0.1, -0.05) is 44.2 Å². The Hall–Kier alpha value is -2.36. The summed E-state index contributed by atoms with van der Waals surface area (Å²) < 4.78 is 0. The summed E-state index contributed by atoms with van der Waals surface area (Å²) in [6.45, 7) is 4.56.